The van der Waals surface area contributed by atoms with Gasteiger partial charge in [0.2, 0.25) is 11.4 Å². The van der Waals surface area contributed by atoms with Crippen LogP contribution < -0.4 is 0 Å². The monoisotopic (exact) mass is 232 g/mol. The van der Waals surface area contributed by atoms with Crippen molar-refractivity contribution >= 4 is 34.5 Å². The highest BCUT2D eigenvalue weighted by Crippen LogP contribution is 2.42. The van der Waals surface area contributed by atoms with Gasteiger partial charge in [-0.05, 0) is 11.3 Å². The van der Waals surface area contributed by atoms with Crippen LogP contribution in [0.4, 0.5) is 5.69 Å². The summed E-state index contributed by atoms with van der Waals surface area (Å²) in [6.45, 7) is 4.24. The molecule has 1 aromatic rings. The molecule has 0 saturated carbocycles. The summed E-state index contributed by atoms with van der Waals surface area (Å²) in [6.07, 6.45) is 3.69. The molecule has 2 aliphatic rings. The van der Waals surface area contributed by atoms with Gasteiger partial charge in [-0.15, -0.1) is 11.3 Å². The van der Waals surface area contributed by atoms with Gasteiger partial charge in [0.05, 0.1) is 11.5 Å². The van der Waals surface area contributed by atoms with Crippen molar-refractivity contribution in [2.24, 2.45) is 16.8 Å². The molecule has 0 saturated heterocycles. The Hall–Kier alpha value is -1.42. The summed E-state index contributed by atoms with van der Waals surface area (Å²) in [4.78, 5) is 5.33. The van der Waals surface area contributed by atoms with Gasteiger partial charge < -0.3 is 5.21 Å². The van der Waals surface area contributed by atoms with Crippen LogP contribution in [0.25, 0.3) is 5.57 Å². The molecular weight excluding hydrogens is 220 g/mol. The lowest BCUT2D eigenvalue weighted by atomic mass is 9.87. The zero-order chi connectivity index (χ0) is 11.3. The third-order valence-electron chi connectivity index (χ3n) is 3.09. The summed E-state index contributed by atoms with van der Waals surface area (Å²) >= 11 is 1.61. The third kappa shape index (κ3) is 1.13. The Labute approximate surface area is 98.0 Å². The number of aliphatic imine (C=N–C) groups is 1. The Kier molecular flexibility index (Phi) is 2.01. The molecule has 82 valence electrons. The van der Waals surface area contributed by atoms with Crippen LogP contribution in [-0.2, 0) is 0 Å². The van der Waals surface area contributed by atoms with Gasteiger partial charge in [-0.25, -0.2) is 0 Å². The second-order valence-corrected chi connectivity index (χ2v) is 5.34. The van der Waals surface area contributed by atoms with Gasteiger partial charge in [0.25, 0.3) is 0 Å². The maximum absolute atomic E-state index is 12.2. The van der Waals surface area contributed by atoms with Crippen LogP contribution in [0.5, 0.6) is 0 Å². The SMILES string of the molecule is CC(C)C1C=NC=C2C1=[N+]([O-])c1ccsc12. The minimum atomic E-state index is 0.136. The molecule has 3 rings (SSSR count). The standard InChI is InChI=1S/C12H12N2OS/c1-7(2)8-5-13-6-9-11(8)14(15)10-3-4-16-12(9)10/h3-8H,1-2H3. The van der Waals surface area contributed by atoms with Crippen molar-refractivity contribution in [2.75, 3.05) is 0 Å². The molecule has 1 unspecified atom stereocenters. The highest BCUT2D eigenvalue weighted by atomic mass is 32.1. The van der Waals surface area contributed by atoms with Gasteiger partial charge in [-0.3, -0.25) is 4.99 Å². The first-order valence-corrected chi connectivity index (χ1v) is 6.24. The highest BCUT2D eigenvalue weighted by molar-refractivity contribution is 7.12. The average Bonchev–Trinajstić information content (AvgIpc) is 2.83. The van der Waals surface area contributed by atoms with Crippen LogP contribution >= 0.6 is 11.3 Å². The number of nitrogens with zero attached hydrogens (tertiary/aromatic N) is 2. The molecule has 0 aliphatic carbocycles. The Morgan fingerprint density at radius 2 is 2.31 bits per heavy atom. The Morgan fingerprint density at radius 1 is 1.50 bits per heavy atom. The Morgan fingerprint density at radius 3 is 3.06 bits per heavy atom. The molecule has 0 spiro atoms. The second kappa shape index (κ2) is 3.28. The molecule has 0 radical (unpaired) electrons. The summed E-state index contributed by atoms with van der Waals surface area (Å²) in [5.41, 5.74) is 2.66. The molecule has 1 atom stereocenters. The van der Waals surface area contributed by atoms with Crippen LogP contribution in [-0.4, -0.2) is 16.7 Å². The van der Waals surface area contributed by atoms with E-state index in [0.29, 0.717) is 5.92 Å². The molecule has 0 fully saturated rings. The molecule has 0 amide bonds. The summed E-state index contributed by atoms with van der Waals surface area (Å²) in [5.74, 6) is 0.532. The first-order valence-electron chi connectivity index (χ1n) is 5.36. The maximum Gasteiger partial charge on any atom is 0.235 e. The van der Waals surface area contributed by atoms with E-state index in [-0.39, 0.29) is 5.92 Å². The fourth-order valence-corrected chi connectivity index (χ4v) is 3.12. The van der Waals surface area contributed by atoms with Gasteiger partial charge in [0.1, 0.15) is 4.88 Å². The van der Waals surface area contributed by atoms with Crippen molar-refractivity contribution in [1.82, 2.24) is 0 Å². The van der Waals surface area contributed by atoms with E-state index in [1.54, 1.807) is 17.5 Å². The summed E-state index contributed by atoms with van der Waals surface area (Å²) in [7, 11) is 0. The molecule has 1 aromatic heterocycles. The fraction of sp³-hybridized carbons (Fsp3) is 0.333. The Balaban J connectivity index is 2.20. The number of allylic oxidation sites excluding steroid dienone is 1. The summed E-state index contributed by atoms with van der Waals surface area (Å²) in [6, 6.07) is 1.89. The van der Waals surface area contributed by atoms with Crippen LogP contribution in [0, 0.1) is 17.0 Å². The molecule has 16 heavy (non-hydrogen) atoms. The first-order chi connectivity index (χ1) is 7.70. The van der Waals surface area contributed by atoms with Crippen LogP contribution in [0.2, 0.25) is 0 Å². The zero-order valence-corrected chi connectivity index (χ0v) is 9.99. The van der Waals surface area contributed by atoms with E-state index < -0.39 is 0 Å². The Bertz CT molecular complexity index is 537. The van der Waals surface area contributed by atoms with Crippen molar-refractivity contribution < 1.29 is 4.74 Å². The topological polar surface area (TPSA) is 38.4 Å². The van der Waals surface area contributed by atoms with E-state index >= 15 is 0 Å². The molecule has 0 aromatic carbocycles. The molecular formula is C12H12N2OS. The van der Waals surface area contributed by atoms with Gasteiger partial charge in [-0.1, -0.05) is 13.8 Å². The lowest BCUT2D eigenvalue weighted by Crippen LogP contribution is -2.27. The third-order valence-corrected chi connectivity index (χ3v) is 4.02. The minimum absolute atomic E-state index is 0.136. The van der Waals surface area contributed by atoms with Crippen molar-refractivity contribution in [1.29, 1.82) is 0 Å². The number of fused-ring (bicyclic) bond motifs is 3. The fourth-order valence-electron chi connectivity index (χ4n) is 2.23. The first kappa shape index (κ1) is 9.78. The highest BCUT2D eigenvalue weighted by Gasteiger charge is 2.40. The average molecular weight is 232 g/mol. The zero-order valence-electron chi connectivity index (χ0n) is 9.18. The van der Waals surface area contributed by atoms with E-state index in [2.05, 4.69) is 18.8 Å². The predicted octanol–water partition coefficient (Wildman–Crippen LogP) is 3.04. The number of rotatable bonds is 1. The summed E-state index contributed by atoms with van der Waals surface area (Å²) in [5, 5.41) is 14.1. The van der Waals surface area contributed by atoms with Crippen molar-refractivity contribution in [2.45, 2.75) is 13.8 Å². The van der Waals surface area contributed by atoms with Gasteiger partial charge in [0.15, 0.2) is 0 Å². The second-order valence-electron chi connectivity index (χ2n) is 4.43. The molecule has 4 heteroatoms. The molecule has 3 nitrogen and oxygen atoms in total. The van der Waals surface area contributed by atoms with Crippen molar-refractivity contribution in [3.8, 4) is 0 Å². The predicted molar refractivity (Wildman–Crippen MR) is 67.4 cm³/mol. The lowest BCUT2D eigenvalue weighted by Gasteiger charge is -2.17. The van der Waals surface area contributed by atoms with E-state index in [1.807, 2.05) is 17.7 Å². The molecule has 0 N–H and O–H groups in total. The van der Waals surface area contributed by atoms with Gasteiger partial charge in [-0.2, -0.15) is 4.74 Å². The van der Waals surface area contributed by atoms with Crippen LogP contribution in [0.3, 0.4) is 0 Å². The van der Waals surface area contributed by atoms with Crippen LogP contribution in [0.1, 0.15) is 18.7 Å². The summed E-state index contributed by atoms with van der Waals surface area (Å²) < 4.78 is 1.08. The maximum atomic E-state index is 12.2. The van der Waals surface area contributed by atoms with E-state index in [1.165, 1.54) is 0 Å². The number of thiophene rings is 1. The normalized spacial score (nSPS) is 22.4. The van der Waals surface area contributed by atoms with Crippen LogP contribution in [0.15, 0.2) is 22.6 Å². The lowest BCUT2D eigenvalue weighted by molar-refractivity contribution is -0.358. The number of hydrogen-bond acceptors (Lipinski definition) is 3. The van der Waals surface area contributed by atoms with Gasteiger partial charge in [0, 0.05) is 18.5 Å². The minimum Gasteiger partial charge on any atom is -0.618 e. The van der Waals surface area contributed by atoms with Gasteiger partial charge >= 0.3 is 0 Å². The quantitative estimate of drug-likeness (QED) is 0.541. The van der Waals surface area contributed by atoms with E-state index in [9.17, 15) is 5.21 Å². The smallest absolute Gasteiger partial charge is 0.235 e. The largest absolute Gasteiger partial charge is 0.618 e. The van der Waals surface area contributed by atoms with Crippen molar-refractivity contribution in [3.05, 3.63) is 27.7 Å². The van der Waals surface area contributed by atoms with Crippen molar-refractivity contribution in [3.63, 3.8) is 0 Å². The molecule has 2 aliphatic heterocycles. The number of hydrogen-bond donors (Lipinski definition) is 0. The molecule has 3 heterocycles. The van der Waals surface area contributed by atoms with E-state index in [4.69, 9.17) is 0 Å². The van der Waals surface area contributed by atoms with E-state index in [0.717, 1.165) is 26.6 Å². The molecule has 0 bridgehead atoms.